The average Bonchev–Trinajstić information content (AvgIpc) is 3.69. The summed E-state index contributed by atoms with van der Waals surface area (Å²) in [5.74, 6) is -4.45. The number of esters is 3. The van der Waals surface area contributed by atoms with Crippen LogP contribution in [0.3, 0.4) is 0 Å². The fourth-order valence-electron chi connectivity index (χ4n) is 6.93. The molecule has 3 saturated heterocycles. The number of rotatable bonds is 2. The Morgan fingerprint density at radius 1 is 1.09 bits per heavy atom. The number of epoxide rings is 2. The highest BCUT2D eigenvalue weighted by Crippen LogP contribution is 2.63. The van der Waals surface area contributed by atoms with Gasteiger partial charge in [0.1, 0.15) is 30.5 Å². The topological polar surface area (TPSA) is 144 Å². The standard InChI is InChI=1S/C24H31ClO10/c1-7-12-19(32-11(5)27)24(30)9(3)22(29)35-20(24)13(25)8(2)15-16(33-15)18(28)23(12,6)21-17(34-21)14(7)31-10(4)26/h7,9,12-21,28,30H,2H2,1,3-6H3/t7-,9+,12-,13+,14-,15-,16-,17+,18+,19+,20+,21+,23+,24-/m1/s1. The van der Waals surface area contributed by atoms with E-state index >= 15 is 0 Å². The second-order valence-electron chi connectivity index (χ2n) is 10.8. The van der Waals surface area contributed by atoms with Crippen molar-refractivity contribution in [2.24, 2.45) is 23.2 Å². The van der Waals surface area contributed by atoms with Crippen molar-refractivity contribution < 1.29 is 48.3 Å². The number of aliphatic hydroxyl groups is 2. The minimum absolute atomic E-state index is 0.347. The van der Waals surface area contributed by atoms with Crippen molar-refractivity contribution in [2.45, 2.75) is 94.4 Å². The van der Waals surface area contributed by atoms with E-state index in [1.807, 2.05) is 0 Å². The van der Waals surface area contributed by atoms with Crippen molar-refractivity contribution in [3.05, 3.63) is 12.2 Å². The molecule has 14 atom stereocenters. The molecule has 3 aliphatic heterocycles. The van der Waals surface area contributed by atoms with Crippen LogP contribution in [0.15, 0.2) is 12.2 Å². The molecule has 5 rings (SSSR count). The van der Waals surface area contributed by atoms with Gasteiger partial charge in [-0.05, 0) is 12.5 Å². The third-order valence-electron chi connectivity index (χ3n) is 8.85. The lowest BCUT2D eigenvalue weighted by Crippen LogP contribution is -2.68. The summed E-state index contributed by atoms with van der Waals surface area (Å²) in [6.45, 7) is 11.5. The highest BCUT2D eigenvalue weighted by atomic mass is 35.5. The van der Waals surface area contributed by atoms with Crippen LogP contribution in [0.25, 0.3) is 0 Å². The largest absolute Gasteiger partial charge is 0.459 e. The van der Waals surface area contributed by atoms with Crippen LogP contribution in [0.4, 0.5) is 0 Å². The van der Waals surface area contributed by atoms with Crippen LogP contribution in [-0.4, -0.2) is 87.9 Å². The number of carbonyl (C=O) groups excluding carboxylic acids is 3. The SMILES string of the molecule is C=C1[C@H]2O[C@H]2[C@H](O)[C@]2(C)[C@H]([C@@H](C)[C@@H](OC(C)=O)[C@@H]3O[C@@H]32)[C@H](OC(C)=O)[C@]2(O)[C@@H](C)C(=O)O[C@H]2[C@H]1Cl. The Bertz CT molecular complexity index is 985. The summed E-state index contributed by atoms with van der Waals surface area (Å²) in [5.41, 5.74) is -2.85. The van der Waals surface area contributed by atoms with E-state index in [4.69, 9.17) is 35.3 Å². The van der Waals surface area contributed by atoms with Crippen LogP contribution >= 0.6 is 11.6 Å². The van der Waals surface area contributed by atoms with Gasteiger partial charge in [0.15, 0.2) is 11.7 Å². The Balaban J connectivity index is 1.72. The molecule has 5 aliphatic rings. The first kappa shape index (κ1) is 25.0. The van der Waals surface area contributed by atoms with Gasteiger partial charge < -0.3 is 33.9 Å². The molecule has 0 spiro atoms. The molecule has 0 bridgehead atoms. The first-order valence-electron chi connectivity index (χ1n) is 11.8. The number of hydrogen-bond acceptors (Lipinski definition) is 10. The van der Waals surface area contributed by atoms with Crippen molar-refractivity contribution in [1.29, 1.82) is 0 Å². The van der Waals surface area contributed by atoms with Gasteiger partial charge in [0.2, 0.25) is 0 Å². The zero-order valence-electron chi connectivity index (χ0n) is 20.2. The number of aliphatic hydroxyl groups excluding tert-OH is 1. The molecule has 2 saturated carbocycles. The number of fused-ring (bicyclic) bond motifs is 5. The maximum absolute atomic E-state index is 12.8. The monoisotopic (exact) mass is 514 g/mol. The van der Waals surface area contributed by atoms with E-state index in [9.17, 15) is 24.6 Å². The van der Waals surface area contributed by atoms with Crippen molar-refractivity contribution in [1.82, 2.24) is 0 Å². The van der Waals surface area contributed by atoms with Crippen molar-refractivity contribution >= 4 is 29.5 Å². The van der Waals surface area contributed by atoms with Gasteiger partial charge in [-0.1, -0.05) is 20.4 Å². The Labute approximate surface area is 207 Å². The summed E-state index contributed by atoms with van der Waals surface area (Å²) >= 11 is 6.71. The Morgan fingerprint density at radius 2 is 1.71 bits per heavy atom. The fourth-order valence-corrected chi connectivity index (χ4v) is 7.31. The molecule has 2 aliphatic carbocycles. The second kappa shape index (κ2) is 7.89. The summed E-state index contributed by atoms with van der Waals surface area (Å²) in [6.07, 6.45) is -6.88. The van der Waals surface area contributed by atoms with E-state index in [1.165, 1.54) is 20.8 Å². The Hall–Kier alpha value is -1.72. The molecule has 5 fully saturated rings. The highest BCUT2D eigenvalue weighted by molar-refractivity contribution is 6.23. The Kier molecular flexibility index (Phi) is 5.62. The van der Waals surface area contributed by atoms with Gasteiger partial charge in [0, 0.05) is 31.1 Å². The molecule has 0 aromatic rings. The molecule has 10 nitrogen and oxygen atoms in total. The Morgan fingerprint density at radius 3 is 2.31 bits per heavy atom. The van der Waals surface area contributed by atoms with Crippen LogP contribution in [0.2, 0.25) is 0 Å². The smallest absolute Gasteiger partial charge is 0.312 e. The van der Waals surface area contributed by atoms with E-state index in [2.05, 4.69) is 6.58 Å². The molecule has 11 heteroatoms. The number of hydrogen-bond donors (Lipinski definition) is 2. The van der Waals surface area contributed by atoms with Gasteiger partial charge in [0.05, 0.1) is 23.5 Å². The molecule has 194 valence electrons. The second-order valence-corrected chi connectivity index (χ2v) is 11.3. The van der Waals surface area contributed by atoms with Crippen LogP contribution in [-0.2, 0) is 38.1 Å². The van der Waals surface area contributed by atoms with Crippen molar-refractivity contribution in [3.63, 3.8) is 0 Å². The first-order chi connectivity index (χ1) is 16.3. The van der Waals surface area contributed by atoms with Crippen LogP contribution < -0.4 is 0 Å². The quantitative estimate of drug-likeness (QED) is 0.175. The molecule has 0 aromatic heterocycles. The van der Waals surface area contributed by atoms with E-state index in [0.717, 1.165) is 0 Å². The number of halogens is 1. The zero-order chi connectivity index (χ0) is 25.8. The van der Waals surface area contributed by atoms with E-state index < -0.39 is 101 Å². The number of ether oxygens (including phenoxy) is 5. The lowest BCUT2D eigenvalue weighted by atomic mass is 9.53. The highest BCUT2D eigenvalue weighted by Gasteiger charge is 2.77. The maximum Gasteiger partial charge on any atom is 0.312 e. The van der Waals surface area contributed by atoms with E-state index in [0.29, 0.717) is 5.57 Å². The maximum atomic E-state index is 12.8. The van der Waals surface area contributed by atoms with Gasteiger partial charge in [-0.15, -0.1) is 11.6 Å². The molecule has 2 N–H and O–H groups in total. The molecule has 0 aromatic carbocycles. The summed E-state index contributed by atoms with van der Waals surface area (Å²) in [6, 6.07) is 0. The lowest BCUT2D eigenvalue weighted by Gasteiger charge is -2.54. The molecule has 35 heavy (non-hydrogen) atoms. The van der Waals surface area contributed by atoms with Crippen molar-refractivity contribution in [3.8, 4) is 0 Å². The fraction of sp³-hybridized carbons (Fsp3) is 0.792. The minimum Gasteiger partial charge on any atom is -0.459 e. The van der Waals surface area contributed by atoms with Gasteiger partial charge in [-0.25, -0.2) is 0 Å². The summed E-state index contributed by atoms with van der Waals surface area (Å²) in [7, 11) is 0. The van der Waals surface area contributed by atoms with Gasteiger partial charge in [-0.2, -0.15) is 0 Å². The zero-order valence-corrected chi connectivity index (χ0v) is 20.9. The minimum atomic E-state index is -2.08. The molecule has 3 heterocycles. The average molecular weight is 515 g/mol. The normalized spacial score (nSPS) is 54.3. The van der Waals surface area contributed by atoms with Crippen LogP contribution in [0.5, 0.6) is 0 Å². The molecular weight excluding hydrogens is 484 g/mol. The number of carbonyl (C=O) groups is 3. The third kappa shape index (κ3) is 3.33. The molecule has 0 radical (unpaired) electrons. The molecule has 0 unspecified atom stereocenters. The van der Waals surface area contributed by atoms with Gasteiger partial charge >= 0.3 is 17.9 Å². The van der Waals surface area contributed by atoms with E-state index in [-0.39, 0.29) is 0 Å². The van der Waals surface area contributed by atoms with Gasteiger partial charge in [0.25, 0.3) is 0 Å². The number of alkyl halides is 1. The summed E-state index contributed by atoms with van der Waals surface area (Å²) < 4.78 is 28.7. The van der Waals surface area contributed by atoms with Crippen molar-refractivity contribution in [2.75, 3.05) is 0 Å². The van der Waals surface area contributed by atoms with Crippen LogP contribution in [0, 0.1) is 23.2 Å². The predicted octanol–water partition coefficient (Wildman–Crippen LogP) is 0.488. The molecule has 0 amide bonds. The van der Waals surface area contributed by atoms with Gasteiger partial charge in [-0.3, -0.25) is 14.4 Å². The third-order valence-corrected chi connectivity index (χ3v) is 9.36. The lowest BCUT2D eigenvalue weighted by molar-refractivity contribution is -0.223. The van der Waals surface area contributed by atoms with E-state index in [1.54, 1.807) is 13.8 Å². The summed E-state index contributed by atoms with van der Waals surface area (Å²) in [5, 5.41) is 22.9. The molecular formula is C24H31ClO10. The van der Waals surface area contributed by atoms with Crippen LogP contribution in [0.1, 0.15) is 34.6 Å². The predicted molar refractivity (Wildman–Crippen MR) is 118 cm³/mol. The summed E-state index contributed by atoms with van der Waals surface area (Å²) in [4.78, 5) is 37.1. The first-order valence-corrected chi connectivity index (χ1v) is 12.3.